The van der Waals surface area contributed by atoms with Gasteiger partial charge in [-0.2, -0.15) is 0 Å². The van der Waals surface area contributed by atoms with Crippen LogP contribution >= 0.6 is 11.6 Å². The minimum atomic E-state index is -0.621. The summed E-state index contributed by atoms with van der Waals surface area (Å²) in [6.45, 7) is 5.58. The molecule has 110 valence electrons. The highest BCUT2D eigenvalue weighted by Crippen LogP contribution is 2.17. The fourth-order valence-corrected chi connectivity index (χ4v) is 1.89. The second-order valence-corrected chi connectivity index (χ2v) is 5.03. The maximum atomic E-state index is 11.7. The van der Waals surface area contributed by atoms with Crippen LogP contribution in [0.4, 0.5) is 0 Å². The number of rotatable bonds is 6. The lowest BCUT2D eigenvalue weighted by atomic mass is 10.1. The van der Waals surface area contributed by atoms with E-state index in [1.165, 1.54) is 0 Å². The topological polar surface area (TPSA) is 55.4 Å². The van der Waals surface area contributed by atoms with Crippen LogP contribution in [-0.2, 0) is 20.7 Å². The summed E-state index contributed by atoms with van der Waals surface area (Å²) >= 11 is 6.03. The SMILES string of the molecule is CCOC(=O)C(C)NC(=O)CCc1ccc(C)c(Cl)c1. The van der Waals surface area contributed by atoms with Crippen LogP contribution in [0.5, 0.6) is 0 Å². The van der Waals surface area contributed by atoms with Gasteiger partial charge in [0, 0.05) is 11.4 Å². The van der Waals surface area contributed by atoms with Gasteiger partial charge < -0.3 is 10.1 Å². The number of carbonyl (C=O) groups is 2. The van der Waals surface area contributed by atoms with Gasteiger partial charge in [-0.3, -0.25) is 4.79 Å². The lowest BCUT2D eigenvalue weighted by molar-refractivity contribution is -0.146. The van der Waals surface area contributed by atoms with E-state index in [0.29, 0.717) is 24.5 Å². The summed E-state index contributed by atoms with van der Waals surface area (Å²) in [6.07, 6.45) is 0.893. The number of halogens is 1. The van der Waals surface area contributed by atoms with Crippen LogP contribution in [0.3, 0.4) is 0 Å². The van der Waals surface area contributed by atoms with Gasteiger partial charge in [0.25, 0.3) is 0 Å². The Labute approximate surface area is 124 Å². The first kappa shape index (κ1) is 16.5. The van der Waals surface area contributed by atoms with Gasteiger partial charge >= 0.3 is 5.97 Å². The fourth-order valence-electron chi connectivity index (χ4n) is 1.69. The number of nitrogens with one attached hydrogen (secondary N) is 1. The predicted molar refractivity (Wildman–Crippen MR) is 78.7 cm³/mol. The van der Waals surface area contributed by atoms with Gasteiger partial charge in [-0.05, 0) is 44.4 Å². The van der Waals surface area contributed by atoms with Crippen LogP contribution in [0.25, 0.3) is 0 Å². The molecule has 5 heteroatoms. The Hall–Kier alpha value is -1.55. The van der Waals surface area contributed by atoms with E-state index in [4.69, 9.17) is 16.3 Å². The zero-order valence-corrected chi connectivity index (χ0v) is 12.8. The molecule has 1 rings (SSSR count). The lowest BCUT2D eigenvalue weighted by Crippen LogP contribution is -2.39. The van der Waals surface area contributed by atoms with Gasteiger partial charge in [0.2, 0.25) is 5.91 Å². The minimum Gasteiger partial charge on any atom is -0.464 e. The third-order valence-electron chi connectivity index (χ3n) is 2.89. The molecule has 0 heterocycles. The second kappa shape index (κ2) is 7.90. The Balaban J connectivity index is 2.43. The first-order valence-corrected chi connectivity index (χ1v) is 7.02. The quantitative estimate of drug-likeness (QED) is 0.821. The van der Waals surface area contributed by atoms with Crippen molar-refractivity contribution in [1.82, 2.24) is 5.32 Å². The van der Waals surface area contributed by atoms with Crippen molar-refractivity contribution >= 4 is 23.5 Å². The molecule has 0 fully saturated rings. The van der Waals surface area contributed by atoms with Crippen molar-refractivity contribution in [3.05, 3.63) is 34.3 Å². The number of aryl methyl sites for hydroxylation is 2. The molecule has 1 N–H and O–H groups in total. The van der Waals surface area contributed by atoms with E-state index in [0.717, 1.165) is 11.1 Å². The Bertz CT molecular complexity index is 488. The summed E-state index contributed by atoms with van der Waals surface area (Å²) in [5, 5.41) is 3.31. The molecule has 1 amide bonds. The third-order valence-corrected chi connectivity index (χ3v) is 3.30. The summed E-state index contributed by atoms with van der Waals surface area (Å²) in [5.41, 5.74) is 2.01. The molecular formula is C15H20ClNO3. The van der Waals surface area contributed by atoms with Crippen LogP contribution in [0.2, 0.25) is 5.02 Å². The van der Waals surface area contributed by atoms with Gasteiger partial charge in [-0.1, -0.05) is 23.7 Å². The zero-order chi connectivity index (χ0) is 15.1. The Kier molecular flexibility index (Phi) is 6.52. The molecule has 0 aliphatic heterocycles. The zero-order valence-electron chi connectivity index (χ0n) is 12.0. The smallest absolute Gasteiger partial charge is 0.328 e. The molecule has 0 saturated heterocycles. The second-order valence-electron chi connectivity index (χ2n) is 4.62. The first-order valence-electron chi connectivity index (χ1n) is 6.65. The van der Waals surface area contributed by atoms with Crippen LogP contribution in [0, 0.1) is 6.92 Å². The van der Waals surface area contributed by atoms with E-state index >= 15 is 0 Å². The number of ether oxygens (including phenoxy) is 1. The molecule has 4 nitrogen and oxygen atoms in total. The van der Waals surface area contributed by atoms with Crippen molar-refractivity contribution in [2.24, 2.45) is 0 Å². The molecule has 0 aromatic heterocycles. The number of benzene rings is 1. The van der Waals surface area contributed by atoms with Gasteiger partial charge in [0.1, 0.15) is 6.04 Å². The number of amides is 1. The summed E-state index contributed by atoms with van der Waals surface area (Å²) in [7, 11) is 0. The normalized spacial score (nSPS) is 11.8. The molecule has 0 radical (unpaired) electrons. The molecule has 0 spiro atoms. The van der Waals surface area contributed by atoms with E-state index in [9.17, 15) is 9.59 Å². The molecule has 1 unspecified atom stereocenters. The van der Waals surface area contributed by atoms with Crippen LogP contribution in [-0.4, -0.2) is 24.5 Å². The highest BCUT2D eigenvalue weighted by Gasteiger charge is 2.16. The predicted octanol–water partition coefficient (Wildman–Crippen LogP) is 2.65. The van der Waals surface area contributed by atoms with Gasteiger partial charge in [0.05, 0.1) is 6.61 Å². The Morgan fingerprint density at radius 2 is 2.10 bits per heavy atom. The average Bonchev–Trinajstić information content (AvgIpc) is 2.40. The average molecular weight is 298 g/mol. The van der Waals surface area contributed by atoms with E-state index in [1.807, 2.05) is 25.1 Å². The lowest BCUT2D eigenvalue weighted by Gasteiger charge is -2.12. The standard InChI is InChI=1S/C15H20ClNO3/c1-4-20-15(19)11(3)17-14(18)8-7-12-6-5-10(2)13(16)9-12/h5-6,9,11H,4,7-8H2,1-3H3,(H,17,18). The van der Waals surface area contributed by atoms with Crippen LogP contribution in [0.1, 0.15) is 31.4 Å². The molecule has 1 aromatic carbocycles. The van der Waals surface area contributed by atoms with Crippen LogP contribution in [0.15, 0.2) is 18.2 Å². The number of hydrogen-bond donors (Lipinski definition) is 1. The van der Waals surface area contributed by atoms with Crippen molar-refractivity contribution in [3.8, 4) is 0 Å². The largest absolute Gasteiger partial charge is 0.464 e. The molecule has 0 aliphatic rings. The Morgan fingerprint density at radius 3 is 2.70 bits per heavy atom. The number of esters is 1. The molecule has 0 aliphatic carbocycles. The molecule has 1 aromatic rings. The summed E-state index contributed by atoms with van der Waals surface area (Å²) in [4.78, 5) is 23.1. The van der Waals surface area contributed by atoms with E-state index in [1.54, 1.807) is 13.8 Å². The molecule has 0 bridgehead atoms. The fraction of sp³-hybridized carbons (Fsp3) is 0.467. The third kappa shape index (κ3) is 5.21. The maximum Gasteiger partial charge on any atom is 0.328 e. The minimum absolute atomic E-state index is 0.178. The number of hydrogen-bond acceptors (Lipinski definition) is 3. The van der Waals surface area contributed by atoms with Crippen molar-refractivity contribution < 1.29 is 14.3 Å². The number of carbonyl (C=O) groups excluding carboxylic acids is 2. The van der Waals surface area contributed by atoms with Crippen molar-refractivity contribution in [1.29, 1.82) is 0 Å². The van der Waals surface area contributed by atoms with E-state index in [2.05, 4.69) is 5.32 Å². The van der Waals surface area contributed by atoms with E-state index < -0.39 is 12.0 Å². The maximum absolute atomic E-state index is 11.7. The summed E-state index contributed by atoms with van der Waals surface area (Å²) in [5.74, 6) is -0.596. The molecule has 0 saturated carbocycles. The monoisotopic (exact) mass is 297 g/mol. The Morgan fingerprint density at radius 1 is 1.40 bits per heavy atom. The van der Waals surface area contributed by atoms with Gasteiger partial charge in [-0.15, -0.1) is 0 Å². The first-order chi connectivity index (χ1) is 9.43. The van der Waals surface area contributed by atoms with Gasteiger partial charge in [0.15, 0.2) is 0 Å². The van der Waals surface area contributed by atoms with Crippen molar-refractivity contribution in [2.45, 2.75) is 39.7 Å². The highest BCUT2D eigenvalue weighted by molar-refractivity contribution is 6.31. The molecular weight excluding hydrogens is 278 g/mol. The van der Waals surface area contributed by atoms with Crippen molar-refractivity contribution in [3.63, 3.8) is 0 Å². The highest BCUT2D eigenvalue weighted by atomic mass is 35.5. The summed E-state index contributed by atoms with van der Waals surface area (Å²) < 4.78 is 4.83. The summed E-state index contributed by atoms with van der Waals surface area (Å²) in [6, 6.07) is 5.11. The van der Waals surface area contributed by atoms with Crippen LogP contribution < -0.4 is 5.32 Å². The van der Waals surface area contributed by atoms with E-state index in [-0.39, 0.29) is 5.91 Å². The van der Waals surface area contributed by atoms with Crippen molar-refractivity contribution in [2.75, 3.05) is 6.61 Å². The molecule has 1 atom stereocenters. The molecule has 20 heavy (non-hydrogen) atoms. The van der Waals surface area contributed by atoms with Gasteiger partial charge in [-0.25, -0.2) is 4.79 Å².